The molecule has 196 valence electrons. The van der Waals surface area contributed by atoms with E-state index in [0.717, 1.165) is 37.4 Å². The zero-order chi connectivity index (χ0) is 27.1. The molecule has 39 heavy (non-hydrogen) atoms. The Balaban J connectivity index is 1.25. The van der Waals surface area contributed by atoms with Crippen molar-refractivity contribution in [3.05, 3.63) is 66.6 Å². The molecule has 4 heterocycles. The summed E-state index contributed by atoms with van der Waals surface area (Å²) in [6, 6.07) is 11.1. The molecule has 0 radical (unpaired) electrons. The largest absolute Gasteiger partial charge is 0.480 e. The van der Waals surface area contributed by atoms with E-state index < -0.39 is 12.4 Å². The van der Waals surface area contributed by atoms with Gasteiger partial charge in [-0.2, -0.15) is 0 Å². The summed E-state index contributed by atoms with van der Waals surface area (Å²) in [6.45, 7) is 5.72. The highest BCUT2D eigenvalue weighted by Crippen LogP contribution is 2.44. The second kappa shape index (κ2) is 9.84. The number of carbonyl (C=O) groups excluding carboxylic acids is 1. The molecule has 5 aromatic rings. The number of carbonyl (C=O) groups is 1. The van der Waals surface area contributed by atoms with Gasteiger partial charge >= 0.3 is 6.09 Å². The molecule has 0 spiro atoms. The van der Waals surface area contributed by atoms with E-state index >= 15 is 0 Å². The van der Waals surface area contributed by atoms with Gasteiger partial charge in [-0.3, -0.25) is 9.88 Å². The Bertz CT molecular complexity index is 1740. The fraction of sp³-hybridized carbons (Fsp3) is 0.179. The van der Waals surface area contributed by atoms with E-state index in [-0.39, 0.29) is 6.61 Å². The summed E-state index contributed by atoms with van der Waals surface area (Å²) in [5.74, 6) is 1.48. The summed E-state index contributed by atoms with van der Waals surface area (Å²) in [5.41, 5.74) is 5.42. The number of benzene rings is 2. The first-order valence-electron chi connectivity index (χ1n) is 12.0. The predicted molar refractivity (Wildman–Crippen MR) is 149 cm³/mol. The van der Waals surface area contributed by atoms with E-state index in [4.69, 9.17) is 23.9 Å². The van der Waals surface area contributed by atoms with E-state index in [1.165, 1.54) is 16.2 Å². The second-order valence-corrected chi connectivity index (χ2v) is 9.80. The number of hydrogen-bond acceptors (Lipinski definition) is 10. The van der Waals surface area contributed by atoms with Crippen LogP contribution in [0, 0.1) is 6.92 Å². The van der Waals surface area contributed by atoms with Crippen molar-refractivity contribution in [2.24, 2.45) is 0 Å². The Hall–Kier alpha value is -4.77. The predicted octanol–water partition coefficient (Wildman–Crippen LogP) is 5.63. The van der Waals surface area contributed by atoms with Crippen molar-refractivity contribution in [2.45, 2.75) is 13.2 Å². The first-order chi connectivity index (χ1) is 18.9. The molecule has 10 nitrogen and oxygen atoms in total. The molecular formula is C28H23N5O5S. The Labute approximate surface area is 227 Å². The van der Waals surface area contributed by atoms with Gasteiger partial charge in [-0.15, -0.1) is 11.3 Å². The number of nitrogens with zero attached hydrogens (tertiary/aromatic N) is 5. The number of thiazole rings is 1. The number of methoxy groups -OCH3 is 1. The number of fused-ring (bicyclic) bond motifs is 4. The maximum absolute atomic E-state index is 12.7. The number of hydrogen-bond donors (Lipinski definition) is 0. The molecule has 0 N–H and O–H groups in total. The molecule has 0 fully saturated rings. The monoisotopic (exact) mass is 541 g/mol. The van der Waals surface area contributed by atoms with Crippen molar-refractivity contribution in [1.82, 2.24) is 19.9 Å². The average molecular weight is 542 g/mol. The minimum absolute atomic E-state index is 0.0330. The summed E-state index contributed by atoms with van der Waals surface area (Å²) in [6.07, 6.45) is 3.29. The molecule has 3 aromatic heterocycles. The van der Waals surface area contributed by atoms with E-state index in [1.807, 2.05) is 25.1 Å². The van der Waals surface area contributed by atoms with Gasteiger partial charge in [-0.05, 0) is 55.0 Å². The van der Waals surface area contributed by atoms with Crippen LogP contribution in [0.1, 0.15) is 11.3 Å². The maximum atomic E-state index is 12.7. The van der Waals surface area contributed by atoms with E-state index in [2.05, 4.69) is 21.5 Å². The lowest BCUT2D eigenvalue weighted by Gasteiger charge is -2.27. The van der Waals surface area contributed by atoms with Crippen molar-refractivity contribution in [2.75, 3.05) is 25.7 Å². The number of aromatic nitrogens is 4. The molecule has 1 atom stereocenters. The van der Waals surface area contributed by atoms with Crippen molar-refractivity contribution >= 4 is 50.4 Å². The van der Waals surface area contributed by atoms with Crippen molar-refractivity contribution in [1.29, 1.82) is 0 Å². The van der Waals surface area contributed by atoms with Crippen LogP contribution in [0.15, 0.2) is 55.4 Å². The van der Waals surface area contributed by atoms with Gasteiger partial charge in [0.05, 0.1) is 47.4 Å². The molecule has 0 aliphatic carbocycles. The quantitative estimate of drug-likeness (QED) is 0.280. The smallest absolute Gasteiger partial charge is 0.417 e. The second-order valence-electron chi connectivity index (χ2n) is 8.80. The van der Waals surface area contributed by atoms with Crippen molar-refractivity contribution in [3.8, 4) is 28.0 Å². The minimum atomic E-state index is -0.913. The summed E-state index contributed by atoms with van der Waals surface area (Å²) < 4.78 is 23.6. The third kappa shape index (κ3) is 4.57. The average Bonchev–Trinajstić information content (AvgIpc) is 3.40. The molecule has 0 saturated heterocycles. The van der Waals surface area contributed by atoms with Crippen LogP contribution >= 0.6 is 11.3 Å². The number of aryl methyl sites for hydroxylation is 1. The molecule has 6 rings (SSSR count). The molecule has 1 aliphatic rings. The summed E-state index contributed by atoms with van der Waals surface area (Å²) in [4.78, 5) is 32.2. The highest BCUT2D eigenvalue weighted by molar-refractivity contribution is 7.22. The maximum Gasteiger partial charge on any atom is 0.417 e. The summed E-state index contributed by atoms with van der Waals surface area (Å²) >= 11 is 1.47. The van der Waals surface area contributed by atoms with Crippen LogP contribution < -0.4 is 19.1 Å². The van der Waals surface area contributed by atoms with Crippen molar-refractivity contribution in [3.63, 3.8) is 0 Å². The zero-order valence-electron chi connectivity index (χ0n) is 21.4. The van der Waals surface area contributed by atoms with E-state index in [9.17, 15) is 4.79 Å². The van der Waals surface area contributed by atoms with Gasteiger partial charge in [-0.25, -0.2) is 19.7 Å². The lowest BCUT2D eigenvalue weighted by atomic mass is 10.1. The first-order valence-corrected chi connectivity index (χ1v) is 12.8. The van der Waals surface area contributed by atoms with Crippen LogP contribution in [-0.4, -0.2) is 53.1 Å². The Morgan fingerprint density at radius 2 is 2.03 bits per heavy atom. The normalized spacial score (nSPS) is 14.3. The number of rotatable bonds is 5. The fourth-order valence-corrected chi connectivity index (χ4v) is 5.28. The van der Waals surface area contributed by atoms with Crippen LogP contribution in [-0.2, 0) is 4.74 Å². The van der Waals surface area contributed by atoms with Gasteiger partial charge < -0.3 is 18.9 Å². The molecule has 0 unspecified atom stereocenters. The topological polar surface area (TPSA) is 109 Å². The SMILES string of the molecule is C=Cc1ccc(N(C)C(=O)O[C@@H]2COc3c(ccc4nc(-c5cc(C)cc6nc(OC)cnc56)sc34)O2)cn1. The van der Waals surface area contributed by atoms with Gasteiger partial charge in [0.1, 0.15) is 9.71 Å². The molecule has 1 aliphatic heterocycles. The van der Waals surface area contributed by atoms with E-state index in [1.54, 1.807) is 50.8 Å². The fourth-order valence-electron chi connectivity index (χ4n) is 4.20. The Morgan fingerprint density at radius 3 is 2.79 bits per heavy atom. The van der Waals surface area contributed by atoms with Gasteiger partial charge in [-0.1, -0.05) is 6.58 Å². The molecule has 11 heteroatoms. The van der Waals surface area contributed by atoms with Gasteiger partial charge in [0.2, 0.25) is 5.88 Å². The highest BCUT2D eigenvalue weighted by atomic mass is 32.1. The summed E-state index contributed by atoms with van der Waals surface area (Å²) in [5, 5.41) is 0.779. The van der Waals surface area contributed by atoms with Crippen LogP contribution in [0.4, 0.5) is 10.5 Å². The Morgan fingerprint density at radius 1 is 1.15 bits per heavy atom. The number of ether oxygens (including phenoxy) is 4. The number of pyridine rings is 1. The van der Waals surface area contributed by atoms with Gasteiger partial charge in [0.15, 0.2) is 18.1 Å². The molecule has 0 bridgehead atoms. The number of anilines is 1. The third-order valence-corrected chi connectivity index (χ3v) is 7.28. The molecule has 2 aromatic carbocycles. The van der Waals surface area contributed by atoms with Gasteiger partial charge in [0, 0.05) is 12.6 Å². The number of amides is 1. The zero-order valence-corrected chi connectivity index (χ0v) is 22.2. The molecule has 1 amide bonds. The van der Waals surface area contributed by atoms with Crippen LogP contribution in [0.3, 0.4) is 0 Å². The summed E-state index contributed by atoms with van der Waals surface area (Å²) in [7, 11) is 3.16. The van der Waals surface area contributed by atoms with E-state index in [0.29, 0.717) is 28.8 Å². The van der Waals surface area contributed by atoms with Crippen LogP contribution in [0.5, 0.6) is 17.4 Å². The highest BCUT2D eigenvalue weighted by Gasteiger charge is 2.29. The van der Waals surface area contributed by atoms with Crippen LogP contribution in [0.25, 0.3) is 37.9 Å². The standard InChI is InChI=1S/C28H23N5O5S/c1-5-16-6-7-17(12-29-16)33(3)28(34)38-23-14-36-25-21(37-23)9-8-19-26(25)39-27(32-19)18-10-15(2)11-20-24(18)30-13-22(31-20)35-4/h5-13,23H,1,14H2,2-4H3/t23-/m1/s1. The molecular weight excluding hydrogens is 518 g/mol. The van der Waals surface area contributed by atoms with Crippen LogP contribution in [0.2, 0.25) is 0 Å². The third-order valence-electron chi connectivity index (χ3n) is 6.18. The lowest BCUT2D eigenvalue weighted by Crippen LogP contribution is -2.38. The lowest BCUT2D eigenvalue weighted by molar-refractivity contribution is -0.0717. The first kappa shape index (κ1) is 24.6. The minimum Gasteiger partial charge on any atom is -0.480 e. The Kier molecular flexibility index (Phi) is 6.20. The van der Waals surface area contributed by atoms with Crippen molar-refractivity contribution < 1.29 is 23.7 Å². The van der Waals surface area contributed by atoms with Gasteiger partial charge in [0.25, 0.3) is 6.29 Å². The molecule has 0 saturated carbocycles.